The highest BCUT2D eigenvalue weighted by atomic mass is 15.1. The highest BCUT2D eigenvalue weighted by Crippen LogP contribution is 2.38. The molecule has 0 radical (unpaired) electrons. The summed E-state index contributed by atoms with van der Waals surface area (Å²) in [6, 6.07) is 0.715. The summed E-state index contributed by atoms with van der Waals surface area (Å²) in [6.45, 7) is 9.01. The Kier molecular flexibility index (Phi) is 3.18. The van der Waals surface area contributed by atoms with Crippen LogP contribution in [0.2, 0.25) is 0 Å². The van der Waals surface area contributed by atoms with Gasteiger partial charge in [0.15, 0.2) is 0 Å². The first-order valence-electron chi connectivity index (χ1n) is 7.47. The topological polar surface area (TPSA) is 29.9 Å². The molecule has 3 heteroatoms. The monoisotopic (exact) mass is 247 g/mol. The number of hydrogen-bond donors (Lipinski definition) is 1. The van der Waals surface area contributed by atoms with Gasteiger partial charge in [-0.2, -0.15) is 0 Å². The molecule has 0 spiro atoms. The van der Waals surface area contributed by atoms with Gasteiger partial charge in [-0.05, 0) is 25.2 Å². The molecule has 0 aromatic carbocycles. The summed E-state index contributed by atoms with van der Waals surface area (Å²) in [4.78, 5) is 4.92. The SMILES string of the molecule is CC1CCC(n2c(C(C)C)nc3c2CCNC3)C1. The van der Waals surface area contributed by atoms with Crippen LogP contribution in [0.5, 0.6) is 0 Å². The van der Waals surface area contributed by atoms with Crippen LogP contribution < -0.4 is 5.32 Å². The standard InChI is InChI=1S/C15H25N3/c1-10(2)15-17-13-9-16-7-6-14(13)18(15)12-5-4-11(3)8-12/h10-12,16H,4-9H2,1-3H3. The lowest BCUT2D eigenvalue weighted by Crippen LogP contribution is -2.26. The maximum Gasteiger partial charge on any atom is 0.112 e. The van der Waals surface area contributed by atoms with Crippen LogP contribution in [0, 0.1) is 5.92 Å². The summed E-state index contributed by atoms with van der Waals surface area (Å²) in [7, 11) is 0. The van der Waals surface area contributed by atoms with Crippen molar-refractivity contribution >= 4 is 0 Å². The van der Waals surface area contributed by atoms with Gasteiger partial charge in [0, 0.05) is 37.2 Å². The van der Waals surface area contributed by atoms with E-state index >= 15 is 0 Å². The minimum absolute atomic E-state index is 0.534. The summed E-state index contributed by atoms with van der Waals surface area (Å²) in [6.07, 6.45) is 5.22. The second-order valence-corrected chi connectivity index (χ2v) is 6.39. The molecule has 1 aromatic heterocycles. The maximum absolute atomic E-state index is 4.92. The summed E-state index contributed by atoms with van der Waals surface area (Å²) in [5, 5.41) is 3.44. The van der Waals surface area contributed by atoms with Crippen LogP contribution in [0.3, 0.4) is 0 Å². The summed E-state index contributed by atoms with van der Waals surface area (Å²) >= 11 is 0. The summed E-state index contributed by atoms with van der Waals surface area (Å²) < 4.78 is 2.62. The molecule has 1 aromatic rings. The number of fused-ring (bicyclic) bond motifs is 1. The summed E-state index contributed by atoms with van der Waals surface area (Å²) in [5.41, 5.74) is 2.83. The fourth-order valence-corrected chi connectivity index (χ4v) is 3.58. The molecule has 2 atom stereocenters. The van der Waals surface area contributed by atoms with Crippen molar-refractivity contribution in [1.29, 1.82) is 0 Å². The van der Waals surface area contributed by atoms with Crippen molar-refractivity contribution in [3.8, 4) is 0 Å². The quantitative estimate of drug-likeness (QED) is 0.870. The van der Waals surface area contributed by atoms with Gasteiger partial charge >= 0.3 is 0 Å². The molecule has 2 heterocycles. The van der Waals surface area contributed by atoms with E-state index in [4.69, 9.17) is 4.98 Å². The maximum atomic E-state index is 4.92. The molecule has 1 saturated carbocycles. The van der Waals surface area contributed by atoms with Gasteiger partial charge in [0.05, 0.1) is 5.69 Å². The molecular weight excluding hydrogens is 222 g/mol. The van der Waals surface area contributed by atoms with Crippen molar-refractivity contribution in [2.75, 3.05) is 6.54 Å². The van der Waals surface area contributed by atoms with Gasteiger partial charge in [-0.1, -0.05) is 20.8 Å². The van der Waals surface area contributed by atoms with Gasteiger partial charge < -0.3 is 9.88 Å². The largest absolute Gasteiger partial charge is 0.328 e. The van der Waals surface area contributed by atoms with Gasteiger partial charge in [0.1, 0.15) is 5.82 Å². The van der Waals surface area contributed by atoms with Crippen LogP contribution in [-0.4, -0.2) is 16.1 Å². The van der Waals surface area contributed by atoms with Crippen LogP contribution >= 0.6 is 0 Å². The molecule has 2 aliphatic rings. The lowest BCUT2D eigenvalue weighted by molar-refractivity contribution is 0.449. The van der Waals surface area contributed by atoms with Crippen LogP contribution in [0.1, 0.15) is 69.2 Å². The number of imidazole rings is 1. The van der Waals surface area contributed by atoms with Crippen LogP contribution in [0.15, 0.2) is 0 Å². The van der Waals surface area contributed by atoms with Crippen molar-refractivity contribution in [2.24, 2.45) is 5.92 Å². The zero-order chi connectivity index (χ0) is 12.7. The first kappa shape index (κ1) is 12.2. The molecule has 1 N–H and O–H groups in total. The first-order valence-corrected chi connectivity index (χ1v) is 7.47. The Hall–Kier alpha value is -0.830. The molecule has 3 rings (SSSR count). The van der Waals surface area contributed by atoms with Gasteiger partial charge in [0.25, 0.3) is 0 Å². The number of rotatable bonds is 2. The van der Waals surface area contributed by atoms with E-state index in [0.29, 0.717) is 12.0 Å². The number of nitrogens with zero attached hydrogens (tertiary/aromatic N) is 2. The predicted octanol–water partition coefficient (Wildman–Crippen LogP) is 3.01. The van der Waals surface area contributed by atoms with E-state index in [2.05, 4.69) is 30.7 Å². The van der Waals surface area contributed by atoms with Gasteiger partial charge in [-0.3, -0.25) is 0 Å². The van der Waals surface area contributed by atoms with E-state index in [0.717, 1.165) is 25.4 Å². The van der Waals surface area contributed by atoms with E-state index in [1.165, 1.54) is 36.5 Å². The highest BCUT2D eigenvalue weighted by molar-refractivity contribution is 5.23. The van der Waals surface area contributed by atoms with Crippen molar-refractivity contribution in [3.05, 3.63) is 17.2 Å². The van der Waals surface area contributed by atoms with E-state index in [1.807, 2.05) is 0 Å². The fourth-order valence-electron chi connectivity index (χ4n) is 3.58. The predicted molar refractivity (Wildman–Crippen MR) is 73.8 cm³/mol. The lowest BCUT2D eigenvalue weighted by Gasteiger charge is -2.22. The molecule has 1 aliphatic carbocycles. The molecule has 18 heavy (non-hydrogen) atoms. The zero-order valence-corrected chi connectivity index (χ0v) is 11.9. The van der Waals surface area contributed by atoms with Gasteiger partial charge in [-0.25, -0.2) is 4.98 Å². The van der Waals surface area contributed by atoms with Crippen molar-refractivity contribution in [1.82, 2.24) is 14.9 Å². The Labute approximate surface area is 110 Å². The van der Waals surface area contributed by atoms with E-state index in [9.17, 15) is 0 Å². The van der Waals surface area contributed by atoms with Gasteiger partial charge in [-0.15, -0.1) is 0 Å². The fraction of sp³-hybridized carbons (Fsp3) is 0.800. The minimum atomic E-state index is 0.534. The number of hydrogen-bond acceptors (Lipinski definition) is 2. The molecule has 1 aliphatic heterocycles. The lowest BCUT2D eigenvalue weighted by atomic mass is 10.1. The van der Waals surface area contributed by atoms with Crippen LogP contribution in [-0.2, 0) is 13.0 Å². The Bertz CT molecular complexity index is 433. The third kappa shape index (κ3) is 1.99. The molecule has 0 amide bonds. The van der Waals surface area contributed by atoms with Crippen LogP contribution in [0.25, 0.3) is 0 Å². The van der Waals surface area contributed by atoms with Crippen molar-refractivity contribution < 1.29 is 0 Å². The molecule has 0 saturated heterocycles. The molecule has 100 valence electrons. The van der Waals surface area contributed by atoms with E-state index in [1.54, 1.807) is 0 Å². The minimum Gasteiger partial charge on any atom is -0.328 e. The molecule has 2 unspecified atom stereocenters. The van der Waals surface area contributed by atoms with E-state index in [-0.39, 0.29) is 0 Å². The molecule has 1 fully saturated rings. The first-order chi connectivity index (χ1) is 8.66. The van der Waals surface area contributed by atoms with Crippen molar-refractivity contribution in [3.63, 3.8) is 0 Å². The normalized spacial score (nSPS) is 27.8. The molecular formula is C15H25N3. The van der Waals surface area contributed by atoms with Crippen molar-refractivity contribution in [2.45, 2.75) is 65.0 Å². The molecule has 3 nitrogen and oxygen atoms in total. The Morgan fingerprint density at radius 2 is 2.17 bits per heavy atom. The number of nitrogens with one attached hydrogen (secondary N) is 1. The number of aromatic nitrogens is 2. The Balaban J connectivity index is 2.02. The Morgan fingerprint density at radius 3 is 2.83 bits per heavy atom. The third-order valence-electron chi connectivity index (χ3n) is 4.50. The Morgan fingerprint density at radius 1 is 1.33 bits per heavy atom. The zero-order valence-electron chi connectivity index (χ0n) is 11.9. The van der Waals surface area contributed by atoms with E-state index < -0.39 is 0 Å². The smallest absolute Gasteiger partial charge is 0.112 e. The van der Waals surface area contributed by atoms with Crippen LogP contribution in [0.4, 0.5) is 0 Å². The summed E-state index contributed by atoms with van der Waals surface area (Å²) in [5.74, 6) is 2.74. The molecule has 0 bridgehead atoms. The second-order valence-electron chi connectivity index (χ2n) is 6.39. The highest BCUT2D eigenvalue weighted by Gasteiger charge is 2.30. The second kappa shape index (κ2) is 4.69. The average molecular weight is 247 g/mol. The third-order valence-corrected chi connectivity index (χ3v) is 4.50. The van der Waals surface area contributed by atoms with Gasteiger partial charge in [0.2, 0.25) is 0 Å². The average Bonchev–Trinajstić information content (AvgIpc) is 2.92.